The van der Waals surface area contributed by atoms with Gasteiger partial charge >= 0.3 is 0 Å². The van der Waals surface area contributed by atoms with Crippen LogP contribution in [-0.2, 0) is 0 Å². The van der Waals surface area contributed by atoms with E-state index in [1.807, 2.05) is 12.1 Å². The number of non-ortho nitro benzene ring substituents is 1. The smallest absolute Gasteiger partial charge is 0.271 e. The van der Waals surface area contributed by atoms with E-state index in [1.54, 1.807) is 12.1 Å². The fourth-order valence-electron chi connectivity index (χ4n) is 5.41. The van der Waals surface area contributed by atoms with Crippen molar-refractivity contribution in [2.24, 2.45) is 0 Å². The molecule has 0 saturated heterocycles. The van der Waals surface area contributed by atoms with Gasteiger partial charge in [-0.1, -0.05) is 54.6 Å². The molecule has 5 nitrogen and oxygen atoms in total. The summed E-state index contributed by atoms with van der Waals surface area (Å²) in [5.41, 5.74) is 6.28. The van der Waals surface area contributed by atoms with Crippen molar-refractivity contribution in [2.45, 2.75) is 0 Å². The number of nitro benzene ring substituents is 1. The van der Waals surface area contributed by atoms with E-state index < -0.39 is 0 Å². The summed E-state index contributed by atoms with van der Waals surface area (Å²) in [6, 6.07) is 34.8. The first-order valence-electron chi connectivity index (χ1n) is 11.7. The summed E-state index contributed by atoms with van der Waals surface area (Å²) < 4.78 is 5.75. The van der Waals surface area contributed by atoms with Gasteiger partial charge in [0.05, 0.1) is 32.7 Å². The van der Waals surface area contributed by atoms with Crippen LogP contribution >= 0.6 is 31.9 Å². The molecule has 0 aliphatic heterocycles. The third-order valence-corrected chi connectivity index (χ3v) is 8.14. The molecule has 178 valence electrons. The van der Waals surface area contributed by atoms with Gasteiger partial charge in [0, 0.05) is 48.3 Å². The Hall–Kier alpha value is -3.94. The van der Waals surface area contributed by atoms with Crippen molar-refractivity contribution in [3.05, 3.63) is 122 Å². The van der Waals surface area contributed by atoms with Gasteiger partial charge in [-0.25, -0.2) is 0 Å². The van der Waals surface area contributed by atoms with Crippen molar-refractivity contribution >= 4 is 81.2 Å². The number of rotatable bonds is 3. The number of nitro groups is 1. The molecule has 0 fully saturated rings. The zero-order valence-corrected chi connectivity index (χ0v) is 22.4. The summed E-state index contributed by atoms with van der Waals surface area (Å²) in [7, 11) is 0. The molecule has 0 atom stereocenters. The molecule has 5 aromatic carbocycles. The molecule has 0 radical (unpaired) electrons. The maximum absolute atomic E-state index is 11.4. The van der Waals surface area contributed by atoms with Crippen LogP contribution in [0.25, 0.3) is 55.0 Å². The molecule has 7 aromatic rings. The van der Waals surface area contributed by atoms with E-state index in [9.17, 15) is 10.1 Å². The highest BCUT2D eigenvalue weighted by atomic mass is 79.9. The Morgan fingerprint density at radius 1 is 0.568 bits per heavy atom. The van der Waals surface area contributed by atoms with Gasteiger partial charge in [-0.15, -0.1) is 0 Å². The quantitative estimate of drug-likeness (QED) is 0.148. The monoisotopic (exact) mass is 609 g/mol. The van der Waals surface area contributed by atoms with Crippen molar-refractivity contribution in [1.29, 1.82) is 0 Å². The van der Waals surface area contributed by atoms with Crippen LogP contribution in [0.2, 0.25) is 0 Å². The van der Waals surface area contributed by atoms with E-state index in [0.717, 1.165) is 44.2 Å². The Labute approximate surface area is 227 Å². The molecule has 7 rings (SSSR count). The van der Waals surface area contributed by atoms with Crippen LogP contribution in [0.3, 0.4) is 0 Å². The predicted molar refractivity (Wildman–Crippen MR) is 157 cm³/mol. The Balaban J connectivity index is 1.56. The van der Waals surface area contributed by atoms with E-state index in [0.29, 0.717) is 8.95 Å². The van der Waals surface area contributed by atoms with Gasteiger partial charge in [0.2, 0.25) is 0 Å². The summed E-state index contributed by atoms with van der Waals surface area (Å²) in [6.07, 6.45) is 0. The first-order valence-corrected chi connectivity index (χ1v) is 13.3. The Morgan fingerprint density at radius 3 is 1.57 bits per heavy atom. The van der Waals surface area contributed by atoms with Crippen LogP contribution in [0.1, 0.15) is 0 Å². The number of halogens is 2. The fraction of sp³-hybridized carbons (Fsp3) is 0. The minimum absolute atomic E-state index is 0.0249. The molecular weight excluding hydrogens is 594 g/mol. The minimum Gasteiger partial charge on any atom is -0.309 e. The summed E-state index contributed by atoms with van der Waals surface area (Å²) in [5, 5.41) is 16.1. The molecule has 0 saturated carbocycles. The van der Waals surface area contributed by atoms with Crippen LogP contribution in [0, 0.1) is 10.1 Å². The van der Waals surface area contributed by atoms with Crippen molar-refractivity contribution in [3.8, 4) is 11.4 Å². The highest BCUT2D eigenvalue weighted by molar-refractivity contribution is 9.11. The lowest BCUT2D eigenvalue weighted by atomic mass is 10.1. The third-order valence-electron chi connectivity index (χ3n) is 6.93. The molecular formula is C30H17Br2N3O2. The van der Waals surface area contributed by atoms with Crippen molar-refractivity contribution in [3.63, 3.8) is 0 Å². The average Bonchev–Trinajstić information content (AvgIpc) is 3.41. The lowest BCUT2D eigenvalue weighted by Crippen LogP contribution is -1.99. The number of nitrogens with zero attached hydrogens (tertiary/aromatic N) is 3. The van der Waals surface area contributed by atoms with Gasteiger partial charge in [-0.05, 0) is 68.3 Å². The number of hydrogen-bond acceptors (Lipinski definition) is 2. The number of aromatic nitrogens is 2. The van der Waals surface area contributed by atoms with Gasteiger partial charge < -0.3 is 9.13 Å². The average molecular weight is 611 g/mol. The van der Waals surface area contributed by atoms with Crippen LogP contribution in [-0.4, -0.2) is 14.1 Å². The van der Waals surface area contributed by atoms with E-state index in [1.165, 1.54) is 10.8 Å². The second-order valence-corrected chi connectivity index (χ2v) is 10.6. The minimum atomic E-state index is -0.386. The largest absolute Gasteiger partial charge is 0.309 e. The summed E-state index contributed by atoms with van der Waals surface area (Å²) in [4.78, 5) is 11.0. The van der Waals surface area contributed by atoms with E-state index in [-0.39, 0.29) is 10.6 Å². The Kier molecular flexibility index (Phi) is 4.99. The van der Waals surface area contributed by atoms with Gasteiger partial charge in [0.1, 0.15) is 0 Å². The van der Waals surface area contributed by atoms with Crippen LogP contribution < -0.4 is 0 Å². The molecule has 37 heavy (non-hydrogen) atoms. The highest BCUT2D eigenvalue weighted by Gasteiger charge is 2.21. The summed E-state index contributed by atoms with van der Waals surface area (Å²) >= 11 is 7.20. The van der Waals surface area contributed by atoms with Crippen LogP contribution in [0.15, 0.2) is 112 Å². The molecule has 0 amide bonds. The van der Waals surface area contributed by atoms with E-state index >= 15 is 0 Å². The molecule has 7 heteroatoms. The molecule has 0 bridgehead atoms. The topological polar surface area (TPSA) is 53.0 Å². The van der Waals surface area contributed by atoms with Gasteiger partial charge in [0.15, 0.2) is 0 Å². The molecule has 2 aromatic heterocycles. The third kappa shape index (κ3) is 3.27. The SMILES string of the molecule is O=[N+]([O-])c1cc(Br)c(-n2c3ccccc3c3cc(-n4c5ccccc5c5ccccc54)ccc32)c(Br)c1. The lowest BCUT2D eigenvalue weighted by molar-refractivity contribution is -0.385. The van der Waals surface area contributed by atoms with Crippen molar-refractivity contribution in [2.75, 3.05) is 0 Å². The maximum atomic E-state index is 11.4. The molecule has 0 spiro atoms. The second-order valence-electron chi connectivity index (χ2n) is 8.94. The molecule has 0 aliphatic rings. The zero-order chi connectivity index (χ0) is 25.3. The van der Waals surface area contributed by atoms with E-state index in [2.05, 4.69) is 120 Å². The van der Waals surface area contributed by atoms with Crippen molar-refractivity contribution < 1.29 is 4.92 Å². The van der Waals surface area contributed by atoms with Crippen molar-refractivity contribution in [1.82, 2.24) is 9.13 Å². The number of para-hydroxylation sites is 3. The van der Waals surface area contributed by atoms with E-state index in [4.69, 9.17) is 0 Å². The Morgan fingerprint density at radius 2 is 1.03 bits per heavy atom. The number of benzene rings is 5. The summed E-state index contributed by atoms with van der Waals surface area (Å²) in [5.74, 6) is 0. The molecule has 0 aliphatic carbocycles. The number of fused-ring (bicyclic) bond motifs is 6. The maximum Gasteiger partial charge on any atom is 0.271 e. The van der Waals surface area contributed by atoms with Crippen LogP contribution in [0.5, 0.6) is 0 Å². The highest BCUT2D eigenvalue weighted by Crippen LogP contribution is 2.41. The first kappa shape index (κ1) is 22.3. The molecule has 0 unspecified atom stereocenters. The van der Waals surface area contributed by atoms with Gasteiger partial charge in [0.25, 0.3) is 5.69 Å². The normalized spacial score (nSPS) is 11.7. The molecule has 2 heterocycles. The lowest BCUT2D eigenvalue weighted by Gasteiger charge is -2.13. The number of hydrogen-bond donors (Lipinski definition) is 0. The fourth-order valence-corrected chi connectivity index (χ4v) is 6.93. The van der Waals surface area contributed by atoms with Crippen LogP contribution in [0.4, 0.5) is 5.69 Å². The molecule has 0 N–H and O–H groups in total. The Bertz CT molecular complexity index is 1980. The second kappa shape index (κ2) is 8.30. The first-order chi connectivity index (χ1) is 18.0. The predicted octanol–water partition coefficient (Wildman–Crippen LogP) is 9.31. The van der Waals surface area contributed by atoms with Gasteiger partial charge in [-0.3, -0.25) is 10.1 Å². The van der Waals surface area contributed by atoms with Gasteiger partial charge in [-0.2, -0.15) is 0 Å². The summed E-state index contributed by atoms with van der Waals surface area (Å²) in [6.45, 7) is 0. The zero-order valence-electron chi connectivity index (χ0n) is 19.2. The standard InChI is InChI=1S/C30H17Br2N3O2/c31-24-16-19(35(36)37)17-25(32)30(24)34-28-12-6-3-9-22(28)23-15-18(13-14-29(23)34)33-26-10-4-1-7-20(26)21-8-2-5-11-27(21)33/h1-17H.